The lowest BCUT2D eigenvalue weighted by atomic mass is 9.96. The fourth-order valence-corrected chi connectivity index (χ4v) is 10.00. The van der Waals surface area contributed by atoms with Crippen LogP contribution < -0.4 is 93.3 Å². The molecule has 0 radical (unpaired) electrons. The molecule has 0 aromatic rings. The van der Waals surface area contributed by atoms with E-state index in [9.17, 15) is 82.8 Å². The Bertz CT molecular complexity index is 2660. The third kappa shape index (κ3) is 29.8. The molecule has 1 heterocycles. The number of rotatable bonds is 45. The van der Waals surface area contributed by atoms with Crippen LogP contribution in [0.1, 0.15) is 119 Å². The van der Waals surface area contributed by atoms with Crippen molar-refractivity contribution in [1.29, 1.82) is 0 Å². The standard InChI is InChI=1S/C56H102N20O17S2/c1-7-26(3)39(72-49(88)35(24-94)70-44(83)30(58)14-11-19-64-55(60)61)52(91)68-33(22-38(80)81)47(86)75-42(29(6)79)53(92)73-40(27(4)8-2)54(93)76-21-13-17-37(76)51(90)67-31(15-9-10-18-57)45(84)69-34(23-77)48(87)66-32(16-12-20-65-56(62)63)46(85)71-36(25-95)50(89)74-41(28(5)78)43(59)82/h26-37,39-42,77-79,94-95H,7-25,57-58H2,1-6H3,(H2,59,82)(H,66,87)(H,67,90)(H,68,91)(H,69,84)(H,70,83)(H,71,85)(H,72,88)(H,73,92)(H,74,89)(H,75,86)(H,80,81)(H4,60,61,64)(H4,62,63,65)/t26-,27-,28+,29-,30-,31-,32-,33-,34-,35-,36-,37-,39+,40-,41-,42+/m0/s1. The summed E-state index contributed by atoms with van der Waals surface area (Å²) in [6, 6.07) is -18.1. The van der Waals surface area contributed by atoms with Gasteiger partial charge in [-0.05, 0) is 90.0 Å². The van der Waals surface area contributed by atoms with Gasteiger partial charge in [-0.15, -0.1) is 0 Å². The van der Waals surface area contributed by atoms with E-state index in [1.165, 1.54) is 11.8 Å². The minimum atomic E-state index is -1.94. The maximum Gasteiger partial charge on any atom is 0.305 e. The second kappa shape index (κ2) is 44.0. The molecule has 1 aliphatic rings. The molecule has 1 aliphatic heterocycles. The number of aliphatic hydroxyl groups excluding tert-OH is 3. The quantitative estimate of drug-likeness (QED) is 0.0117. The molecule has 1 fully saturated rings. The molecule has 95 heavy (non-hydrogen) atoms. The Hall–Kier alpha value is -7.85. The van der Waals surface area contributed by atoms with E-state index >= 15 is 0 Å². The molecule has 28 N–H and O–H groups in total. The summed E-state index contributed by atoms with van der Waals surface area (Å²) in [6.45, 7) is 8.12. The molecule has 0 aromatic carbocycles. The molecule has 1 rings (SSSR count). The van der Waals surface area contributed by atoms with Crippen molar-refractivity contribution in [2.24, 2.45) is 62.0 Å². The lowest BCUT2D eigenvalue weighted by Gasteiger charge is -2.33. The first-order valence-corrected chi connectivity index (χ1v) is 32.5. The van der Waals surface area contributed by atoms with Crippen molar-refractivity contribution in [1.82, 2.24) is 58.1 Å². The van der Waals surface area contributed by atoms with Gasteiger partial charge in [0.1, 0.15) is 66.5 Å². The smallest absolute Gasteiger partial charge is 0.305 e. The molecule has 0 aromatic heterocycles. The Morgan fingerprint density at radius 3 is 1.41 bits per heavy atom. The number of aliphatic carboxylic acids is 1. The number of carbonyl (C=O) groups excluding carboxylic acids is 12. The number of nitrogens with one attached hydrogen (secondary N) is 10. The van der Waals surface area contributed by atoms with Crippen molar-refractivity contribution >= 4 is 114 Å². The van der Waals surface area contributed by atoms with Gasteiger partial charge in [-0.1, -0.05) is 40.5 Å². The fraction of sp³-hybridized carbons (Fsp3) is 0.732. The van der Waals surface area contributed by atoms with E-state index in [2.05, 4.69) is 88.4 Å². The maximum absolute atomic E-state index is 14.7. The van der Waals surface area contributed by atoms with E-state index in [-0.39, 0.29) is 107 Å². The van der Waals surface area contributed by atoms with Crippen molar-refractivity contribution < 1.29 is 82.8 Å². The SMILES string of the molecule is CC[C@H](C)[C@H](NC(=O)[C@H](NC(=O)[C@H](CC(=O)O)NC(=O)[C@H](NC(=O)[C@H](CS)NC(=O)[C@@H](N)CCCN=C(N)N)[C@@H](C)CC)[C@H](C)O)C(=O)N1CCC[C@H]1C(=O)N[C@@H](CCCCN)C(=O)N[C@@H](CO)C(=O)N[C@@H](CCCN=C(N)N)C(=O)N[C@@H](CS)C(=O)N[C@H](C(N)=O)[C@@H](C)O. The molecule has 0 unspecified atom stereocenters. The number of guanidine groups is 2. The average molecular weight is 1390 g/mol. The maximum atomic E-state index is 14.7. The number of aliphatic imine (C=N–C) groups is 2. The number of hydrogen-bond acceptors (Lipinski definition) is 22. The third-order valence-corrected chi connectivity index (χ3v) is 16.2. The second-order valence-corrected chi connectivity index (χ2v) is 23.8. The Morgan fingerprint density at radius 2 is 0.926 bits per heavy atom. The molecule has 16 atom stereocenters. The first-order valence-electron chi connectivity index (χ1n) is 31.2. The molecule has 0 saturated carbocycles. The molecular formula is C56H102N20O17S2. The van der Waals surface area contributed by atoms with Gasteiger partial charge in [0.15, 0.2) is 11.9 Å². The van der Waals surface area contributed by atoms with E-state index in [0.717, 1.165) is 6.92 Å². The minimum Gasteiger partial charge on any atom is -0.481 e. The number of carbonyl (C=O) groups is 13. The van der Waals surface area contributed by atoms with Gasteiger partial charge >= 0.3 is 5.97 Å². The number of unbranched alkanes of at least 4 members (excludes halogenated alkanes) is 1. The van der Waals surface area contributed by atoms with Crippen molar-refractivity contribution in [2.45, 2.75) is 203 Å². The fourth-order valence-electron chi connectivity index (χ4n) is 9.48. The van der Waals surface area contributed by atoms with E-state index in [4.69, 9.17) is 40.1 Å². The van der Waals surface area contributed by atoms with Crippen LogP contribution in [0.2, 0.25) is 0 Å². The van der Waals surface area contributed by atoms with Gasteiger partial charge in [-0.2, -0.15) is 25.3 Å². The number of aliphatic hydroxyl groups is 3. The van der Waals surface area contributed by atoms with Crippen LogP contribution in [0.3, 0.4) is 0 Å². The summed E-state index contributed by atoms with van der Waals surface area (Å²) in [5, 5.41) is 65.4. The topological polar surface area (TPSA) is 633 Å². The number of nitrogens with zero attached hydrogens (tertiary/aromatic N) is 3. The zero-order valence-corrected chi connectivity index (χ0v) is 56.3. The van der Waals surface area contributed by atoms with Crippen LogP contribution in [0.5, 0.6) is 0 Å². The predicted molar refractivity (Wildman–Crippen MR) is 353 cm³/mol. The van der Waals surface area contributed by atoms with Gasteiger partial charge < -0.3 is 119 Å². The Balaban J connectivity index is 3.46. The van der Waals surface area contributed by atoms with Crippen molar-refractivity contribution in [2.75, 3.05) is 44.3 Å². The first-order chi connectivity index (χ1) is 44.6. The van der Waals surface area contributed by atoms with Gasteiger partial charge in [0.25, 0.3) is 0 Å². The van der Waals surface area contributed by atoms with Crippen LogP contribution >= 0.6 is 25.3 Å². The molecule has 0 bridgehead atoms. The molecule has 0 spiro atoms. The highest BCUT2D eigenvalue weighted by Crippen LogP contribution is 2.23. The highest BCUT2D eigenvalue weighted by atomic mass is 32.1. The molecule has 0 aliphatic carbocycles. The van der Waals surface area contributed by atoms with E-state index in [1.54, 1.807) is 27.7 Å². The zero-order valence-electron chi connectivity index (χ0n) is 54.5. The highest BCUT2D eigenvalue weighted by Gasteiger charge is 2.43. The number of hydrogen-bond donors (Lipinski definition) is 23. The van der Waals surface area contributed by atoms with Gasteiger partial charge in [0.05, 0.1) is 31.3 Å². The average Bonchev–Trinajstić information content (AvgIpc) is 1.78. The summed E-state index contributed by atoms with van der Waals surface area (Å²) in [5.41, 5.74) is 38.6. The number of carboxylic acid groups (broad SMARTS) is 1. The molecular weight excluding hydrogens is 1290 g/mol. The number of nitrogens with two attached hydrogens (primary N) is 7. The van der Waals surface area contributed by atoms with Crippen molar-refractivity contribution in [3.8, 4) is 0 Å². The van der Waals surface area contributed by atoms with Gasteiger partial charge in [-0.3, -0.25) is 72.3 Å². The molecule has 37 nitrogen and oxygen atoms in total. The van der Waals surface area contributed by atoms with Gasteiger partial charge in [0.2, 0.25) is 70.9 Å². The lowest BCUT2D eigenvalue weighted by Crippen LogP contribution is -2.63. The Kier molecular flexibility index (Phi) is 39.4. The largest absolute Gasteiger partial charge is 0.481 e. The van der Waals surface area contributed by atoms with Gasteiger partial charge in [-0.25, -0.2) is 0 Å². The summed E-state index contributed by atoms with van der Waals surface area (Å²) in [6.07, 6.45) is -2.51. The molecule has 1 saturated heterocycles. The highest BCUT2D eigenvalue weighted by molar-refractivity contribution is 7.80. The molecule has 540 valence electrons. The van der Waals surface area contributed by atoms with Crippen molar-refractivity contribution in [3.05, 3.63) is 0 Å². The summed E-state index contributed by atoms with van der Waals surface area (Å²) >= 11 is 8.29. The molecule has 12 amide bonds. The minimum absolute atomic E-state index is 0.0272. The lowest BCUT2D eigenvalue weighted by molar-refractivity contribution is -0.144. The Labute approximate surface area is 562 Å². The van der Waals surface area contributed by atoms with Crippen molar-refractivity contribution in [3.63, 3.8) is 0 Å². The zero-order chi connectivity index (χ0) is 72.4. The van der Waals surface area contributed by atoms with E-state index in [0.29, 0.717) is 12.8 Å². The summed E-state index contributed by atoms with van der Waals surface area (Å²) in [5.74, 6) is -15.7. The van der Waals surface area contributed by atoms with Crippen LogP contribution in [-0.4, -0.2) is 243 Å². The van der Waals surface area contributed by atoms with Crippen LogP contribution in [-0.2, 0) is 62.3 Å². The normalized spacial score (nSPS) is 17.5. The third-order valence-electron chi connectivity index (χ3n) is 15.5. The Morgan fingerprint density at radius 1 is 0.516 bits per heavy atom. The van der Waals surface area contributed by atoms with Crippen LogP contribution in [0, 0.1) is 11.8 Å². The summed E-state index contributed by atoms with van der Waals surface area (Å²) in [7, 11) is 0. The van der Waals surface area contributed by atoms with Crippen LogP contribution in [0.25, 0.3) is 0 Å². The van der Waals surface area contributed by atoms with Crippen LogP contribution in [0.15, 0.2) is 9.98 Å². The number of likely N-dealkylation sites (tertiary alicyclic amines) is 1. The van der Waals surface area contributed by atoms with E-state index in [1.807, 2.05) is 0 Å². The summed E-state index contributed by atoms with van der Waals surface area (Å²) < 4.78 is 0. The van der Waals surface area contributed by atoms with E-state index < -0.39 is 186 Å². The number of primary amides is 1. The number of thiol groups is 2. The number of amides is 12. The first kappa shape index (κ1) is 85.2. The predicted octanol–water partition coefficient (Wildman–Crippen LogP) is -8.95. The monoisotopic (exact) mass is 1390 g/mol. The van der Waals surface area contributed by atoms with Crippen LogP contribution in [0.4, 0.5) is 0 Å². The second-order valence-electron chi connectivity index (χ2n) is 23.1. The van der Waals surface area contributed by atoms with Gasteiger partial charge in [0, 0.05) is 31.1 Å². The summed E-state index contributed by atoms with van der Waals surface area (Å²) in [4.78, 5) is 185. The molecule has 39 heteroatoms. The number of carboxylic acids is 1.